The summed E-state index contributed by atoms with van der Waals surface area (Å²) in [6, 6.07) is 10.3. The summed E-state index contributed by atoms with van der Waals surface area (Å²) in [6.07, 6.45) is 4.65. The summed E-state index contributed by atoms with van der Waals surface area (Å²) in [7, 11) is 0. The number of aromatic nitrogens is 3. The summed E-state index contributed by atoms with van der Waals surface area (Å²) in [4.78, 5) is 24.9. The van der Waals surface area contributed by atoms with Gasteiger partial charge >= 0.3 is 0 Å². The molecule has 2 N–H and O–H groups in total. The van der Waals surface area contributed by atoms with E-state index >= 15 is 0 Å². The van der Waals surface area contributed by atoms with Crippen molar-refractivity contribution in [3.05, 3.63) is 54.1 Å². The normalized spacial score (nSPS) is 15.2. The molecule has 1 aliphatic rings. The van der Waals surface area contributed by atoms with Crippen molar-refractivity contribution in [3.63, 3.8) is 0 Å². The van der Waals surface area contributed by atoms with Crippen molar-refractivity contribution < 1.29 is 4.79 Å². The highest BCUT2D eigenvalue weighted by Gasteiger charge is 2.20. The van der Waals surface area contributed by atoms with Crippen LogP contribution in [0, 0.1) is 0 Å². The Labute approximate surface area is 164 Å². The van der Waals surface area contributed by atoms with E-state index in [0.29, 0.717) is 0 Å². The molecule has 7 nitrogen and oxygen atoms in total. The van der Waals surface area contributed by atoms with Crippen molar-refractivity contribution in [1.82, 2.24) is 19.4 Å². The fraction of sp³-hybridized carbons (Fsp3) is 0.381. The molecule has 1 aromatic carbocycles. The number of carbonyl (C=O) groups excluding carboxylic acids is 1. The molecule has 1 aliphatic heterocycles. The molecule has 3 aromatic rings. The third-order valence-electron chi connectivity index (χ3n) is 5.36. The van der Waals surface area contributed by atoms with Crippen LogP contribution in [0.25, 0.3) is 10.9 Å². The molecule has 1 amide bonds. The van der Waals surface area contributed by atoms with Crippen LogP contribution in [0.1, 0.15) is 18.2 Å². The van der Waals surface area contributed by atoms with Gasteiger partial charge in [-0.05, 0) is 18.1 Å². The van der Waals surface area contributed by atoms with Gasteiger partial charge in [-0.2, -0.15) is 0 Å². The van der Waals surface area contributed by atoms with Crippen molar-refractivity contribution in [1.29, 1.82) is 0 Å². The Balaban J connectivity index is 1.45. The fourth-order valence-electron chi connectivity index (χ4n) is 3.88. The lowest BCUT2D eigenvalue weighted by Crippen LogP contribution is -2.46. The number of rotatable bonds is 6. The second kappa shape index (κ2) is 7.98. The third-order valence-corrected chi connectivity index (χ3v) is 5.36. The van der Waals surface area contributed by atoms with Crippen LogP contribution >= 0.6 is 0 Å². The maximum atomic E-state index is 11.4. The Morgan fingerprint density at radius 1 is 1.14 bits per heavy atom. The van der Waals surface area contributed by atoms with E-state index in [1.54, 1.807) is 6.33 Å². The maximum Gasteiger partial charge on any atom is 0.237 e. The number of hydrogen-bond donors (Lipinski definition) is 1. The van der Waals surface area contributed by atoms with E-state index in [1.165, 1.54) is 10.9 Å². The first-order valence-electron chi connectivity index (χ1n) is 9.77. The number of nitrogens with zero attached hydrogens (tertiary/aromatic N) is 5. The molecule has 7 heteroatoms. The molecule has 1 saturated heterocycles. The topological polar surface area (TPSA) is 80.3 Å². The van der Waals surface area contributed by atoms with Crippen LogP contribution in [0.4, 0.5) is 5.82 Å². The Morgan fingerprint density at radius 2 is 1.93 bits per heavy atom. The Bertz CT molecular complexity index is 974. The average molecular weight is 378 g/mol. The molecule has 1 fully saturated rings. The van der Waals surface area contributed by atoms with E-state index in [4.69, 9.17) is 5.73 Å². The van der Waals surface area contributed by atoms with Crippen LogP contribution in [0.3, 0.4) is 0 Å². The van der Waals surface area contributed by atoms with Crippen molar-refractivity contribution in [2.24, 2.45) is 5.73 Å². The van der Waals surface area contributed by atoms with E-state index < -0.39 is 0 Å². The number of aryl methyl sites for hydroxylation is 1. The summed E-state index contributed by atoms with van der Waals surface area (Å²) in [6.45, 7) is 7.02. The van der Waals surface area contributed by atoms with E-state index in [2.05, 4.69) is 45.0 Å². The molecular formula is C21H26N6O. The molecular weight excluding hydrogens is 352 g/mol. The van der Waals surface area contributed by atoms with Crippen LogP contribution in [0.5, 0.6) is 0 Å². The fourth-order valence-corrected chi connectivity index (χ4v) is 3.88. The predicted octanol–water partition coefficient (Wildman–Crippen LogP) is 1.80. The van der Waals surface area contributed by atoms with Crippen LogP contribution in [-0.4, -0.2) is 51.5 Å². The minimum absolute atomic E-state index is 0.210. The molecule has 4 rings (SSSR count). The van der Waals surface area contributed by atoms with E-state index in [1.807, 2.05) is 22.8 Å². The van der Waals surface area contributed by atoms with Crippen LogP contribution in [0.15, 0.2) is 42.9 Å². The Morgan fingerprint density at radius 3 is 2.68 bits per heavy atom. The van der Waals surface area contributed by atoms with Crippen molar-refractivity contribution >= 4 is 22.6 Å². The van der Waals surface area contributed by atoms with Gasteiger partial charge in [0.15, 0.2) is 0 Å². The predicted molar refractivity (Wildman–Crippen MR) is 110 cm³/mol. The van der Waals surface area contributed by atoms with Gasteiger partial charge in [0, 0.05) is 61.6 Å². The van der Waals surface area contributed by atoms with Gasteiger partial charge in [-0.3, -0.25) is 9.69 Å². The first-order valence-corrected chi connectivity index (χ1v) is 9.77. The van der Waals surface area contributed by atoms with Crippen molar-refractivity contribution in [2.75, 3.05) is 31.1 Å². The largest absolute Gasteiger partial charge is 0.368 e. The molecule has 28 heavy (non-hydrogen) atoms. The lowest BCUT2D eigenvalue weighted by molar-refractivity contribution is -0.118. The first kappa shape index (κ1) is 18.4. The summed E-state index contributed by atoms with van der Waals surface area (Å²) < 4.78 is 1.95. The molecule has 0 saturated carbocycles. The SMILES string of the molecule is CCc1cc(N2CCN(Cc3cn(CC(N)=O)c4ccccc34)CC2)ncn1. The van der Waals surface area contributed by atoms with E-state index in [9.17, 15) is 4.79 Å². The first-order chi connectivity index (χ1) is 13.6. The number of piperazine rings is 1. The lowest BCUT2D eigenvalue weighted by atomic mass is 10.1. The zero-order valence-corrected chi connectivity index (χ0v) is 16.2. The third kappa shape index (κ3) is 3.84. The van der Waals surface area contributed by atoms with Crippen molar-refractivity contribution in [3.8, 4) is 0 Å². The number of amides is 1. The summed E-state index contributed by atoms with van der Waals surface area (Å²) in [5.74, 6) is 0.696. The zero-order chi connectivity index (χ0) is 19.5. The molecule has 0 aliphatic carbocycles. The molecule has 0 unspecified atom stereocenters. The molecule has 2 aromatic heterocycles. The lowest BCUT2D eigenvalue weighted by Gasteiger charge is -2.35. The molecule has 0 bridgehead atoms. The zero-order valence-electron chi connectivity index (χ0n) is 16.2. The van der Waals surface area contributed by atoms with E-state index in [0.717, 1.165) is 56.2 Å². The summed E-state index contributed by atoms with van der Waals surface area (Å²) in [5, 5.41) is 1.19. The monoisotopic (exact) mass is 378 g/mol. The second-order valence-corrected chi connectivity index (χ2v) is 7.25. The van der Waals surface area contributed by atoms with Crippen LogP contribution in [0.2, 0.25) is 0 Å². The number of nitrogens with two attached hydrogens (primary N) is 1. The number of primary amides is 1. The molecule has 0 spiro atoms. The van der Waals surface area contributed by atoms with Gasteiger partial charge < -0.3 is 15.2 Å². The number of benzene rings is 1. The minimum atomic E-state index is -0.322. The second-order valence-electron chi connectivity index (χ2n) is 7.25. The van der Waals surface area contributed by atoms with Crippen molar-refractivity contribution in [2.45, 2.75) is 26.4 Å². The molecule has 0 atom stereocenters. The Kier molecular flexibility index (Phi) is 5.25. The summed E-state index contributed by atoms with van der Waals surface area (Å²) >= 11 is 0. The van der Waals surface area contributed by atoms with Crippen LogP contribution < -0.4 is 10.6 Å². The summed E-state index contributed by atoms with van der Waals surface area (Å²) in [5.41, 5.74) is 8.79. The molecule has 146 valence electrons. The van der Waals surface area contributed by atoms with E-state index in [-0.39, 0.29) is 12.5 Å². The highest BCUT2D eigenvalue weighted by molar-refractivity contribution is 5.85. The highest BCUT2D eigenvalue weighted by atomic mass is 16.1. The number of carbonyl (C=O) groups is 1. The standard InChI is InChI=1S/C21H26N6O/c1-2-17-11-21(24-15-23-17)26-9-7-25(8-10-26)12-16-13-27(14-20(22)28)19-6-4-3-5-18(16)19/h3-6,11,13,15H,2,7-10,12,14H2,1H3,(H2,22,28). The van der Waals surface area contributed by atoms with Gasteiger partial charge in [-0.1, -0.05) is 25.1 Å². The number of hydrogen-bond acceptors (Lipinski definition) is 5. The van der Waals surface area contributed by atoms with Gasteiger partial charge in [-0.25, -0.2) is 9.97 Å². The van der Waals surface area contributed by atoms with Crippen LogP contribution in [-0.2, 0) is 24.3 Å². The van der Waals surface area contributed by atoms with Gasteiger partial charge in [0.05, 0.1) is 0 Å². The smallest absolute Gasteiger partial charge is 0.237 e. The average Bonchev–Trinajstić information content (AvgIpc) is 3.05. The Hall–Kier alpha value is -2.93. The number of para-hydroxylation sites is 1. The highest BCUT2D eigenvalue weighted by Crippen LogP contribution is 2.23. The van der Waals surface area contributed by atoms with Gasteiger partial charge in [0.2, 0.25) is 5.91 Å². The van der Waals surface area contributed by atoms with Gasteiger partial charge in [0.1, 0.15) is 18.7 Å². The maximum absolute atomic E-state index is 11.4. The van der Waals surface area contributed by atoms with Gasteiger partial charge in [0.25, 0.3) is 0 Å². The minimum Gasteiger partial charge on any atom is -0.368 e. The quantitative estimate of drug-likeness (QED) is 0.707. The molecule has 3 heterocycles. The molecule has 0 radical (unpaired) electrons. The van der Waals surface area contributed by atoms with Gasteiger partial charge in [-0.15, -0.1) is 0 Å². The number of fused-ring (bicyclic) bond motifs is 1. The number of anilines is 1.